The Morgan fingerprint density at radius 3 is 2.82 bits per heavy atom. The van der Waals surface area contributed by atoms with Crippen molar-refractivity contribution in [2.75, 3.05) is 25.6 Å². The smallest absolute Gasteiger partial charge is 0.176 e. The number of halogens is 1. The Hall–Kier alpha value is -0.870. The van der Waals surface area contributed by atoms with Gasteiger partial charge >= 0.3 is 0 Å². The van der Waals surface area contributed by atoms with E-state index in [9.17, 15) is 9.18 Å². The van der Waals surface area contributed by atoms with Crippen LogP contribution in [0.5, 0.6) is 0 Å². The van der Waals surface area contributed by atoms with Crippen LogP contribution in [0.15, 0.2) is 24.3 Å². The van der Waals surface area contributed by atoms with Crippen LogP contribution in [0.3, 0.4) is 0 Å². The topological polar surface area (TPSA) is 20.3 Å². The van der Waals surface area contributed by atoms with Crippen molar-refractivity contribution in [3.05, 3.63) is 35.6 Å². The molecule has 0 aliphatic rings. The van der Waals surface area contributed by atoms with Gasteiger partial charge in [-0.25, -0.2) is 4.39 Å². The molecule has 0 aliphatic carbocycles. The number of hydrogen-bond donors (Lipinski definition) is 0. The van der Waals surface area contributed by atoms with Gasteiger partial charge in [-0.15, -0.1) is 0 Å². The summed E-state index contributed by atoms with van der Waals surface area (Å²) in [5, 5.41) is 0. The van der Waals surface area contributed by atoms with Crippen molar-refractivity contribution in [1.82, 2.24) is 4.90 Å². The van der Waals surface area contributed by atoms with Crippen LogP contribution < -0.4 is 0 Å². The molecule has 1 aromatic rings. The Morgan fingerprint density at radius 1 is 1.53 bits per heavy atom. The van der Waals surface area contributed by atoms with Gasteiger partial charge in [0.15, 0.2) is 5.78 Å². The molecule has 1 rings (SSSR count). The summed E-state index contributed by atoms with van der Waals surface area (Å²) in [7, 11) is 1.91. The molecule has 0 aliphatic heterocycles. The fourth-order valence-electron chi connectivity index (χ4n) is 1.50. The molecule has 17 heavy (non-hydrogen) atoms. The van der Waals surface area contributed by atoms with Gasteiger partial charge in [0.05, 0.1) is 6.54 Å². The first kappa shape index (κ1) is 14.2. The molecule has 2 nitrogen and oxygen atoms in total. The highest BCUT2D eigenvalue weighted by atomic mass is 32.2. The first-order chi connectivity index (χ1) is 8.04. The third-order valence-electron chi connectivity index (χ3n) is 2.70. The van der Waals surface area contributed by atoms with E-state index < -0.39 is 0 Å². The zero-order chi connectivity index (χ0) is 12.8. The number of nitrogens with zero attached hydrogens (tertiary/aromatic N) is 1. The van der Waals surface area contributed by atoms with Crippen LogP contribution in [0, 0.1) is 5.82 Å². The van der Waals surface area contributed by atoms with Crippen LogP contribution in [0.4, 0.5) is 4.39 Å². The van der Waals surface area contributed by atoms with E-state index in [1.54, 1.807) is 23.9 Å². The quantitative estimate of drug-likeness (QED) is 0.729. The van der Waals surface area contributed by atoms with E-state index in [1.165, 1.54) is 12.1 Å². The molecule has 1 aromatic carbocycles. The van der Waals surface area contributed by atoms with Crippen molar-refractivity contribution in [3.8, 4) is 0 Å². The van der Waals surface area contributed by atoms with Gasteiger partial charge in [0, 0.05) is 17.4 Å². The first-order valence-corrected chi connectivity index (χ1v) is 6.92. The molecule has 0 amide bonds. The van der Waals surface area contributed by atoms with Gasteiger partial charge < -0.3 is 0 Å². The molecule has 0 fully saturated rings. The van der Waals surface area contributed by atoms with Crippen molar-refractivity contribution in [1.29, 1.82) is 0 Å². The average molecular weight is 255 g/mol. The van der Waals surface area contributed by atoms with Crippen molar-refractivity contribution < 1.29 is 9.18 Å². The summed E-state index contributed by atoms with van der Waals surface area (Å²) in [6, 6.07) is 6.18. The Labute approximate surface area is 106 Å². The minimum Gasteiger partial charge on any atom is -0.295 e. The van der Waals surface area contributed by atoms with E-state index in [0.29, 0.717) is 18.2 Å². The highest BCUT2D eigenvalue weighted by Gasteiger charge is 2.14. The second-order valence-corrected chi connectivity index (χ2v) is 5.06. The molecular weight excluding hydrogens is 237 g/mol. The van der Waals surface area contributed by atoms with Gasteiger partial charge in [-0.2, -0.15) is 11.8 Å². The van der Waals surface area contributed by atoms with Crippen molar-refractivity contribution in [2.24, 2.45) is 0 Å². The lowest BCUT2D eigenvalue weighted by molar-refractivity contribution is 0.0930. The number of benzene rings is 1. The zero-order valence-electron chi connectivity index (χ0n) is 10.4. The average Bonchev–Trinajstić information content (AvgIpc) is 2.29. The van der Waals surface area contributed by atoms with Crippen LogP contribution in [0.25, 0.3) is 0 Å². The van der Waals surface area contributed by atoms with Crippen LogP contribution in [0.2, 0.25) is 0 Å². The van der Waals surface area contributed by atoms with Crippen molar-refractivity contribution in [3.63, 3.8) is 0 Å². The molecule has 4 heteroatoms. The third-order valence-corrected chi connectivity index (χ3v) is 3.52. The maximum Gasteiger partial charge on any atom is 0.176 e. The Morgan fingerprint density at radius 2 is 2.24 bits per heavy atom. The van der Waals surface area contributed by atoms with E-state index in [-0.39, 0.29) is 11.6 Å². The molecule has 0 spiro atoms. The predicted octanol–water partition coefficient (Wildman–Crippen LogP) is 2.69. The van der Waals surface area contributed by atoms with Crippen LogP contribution in [0.1, 0.15) is 17.3 Å². The minimum absolute atomic E-state index is 0.0417. The van der Waals surface area contributed by atoms with Gasteiger partial charge in [0.1, 0.15) is 5.82 Å². The molecular formula is C13H18FNOS. The van der Waals surface area contributed by atoms with Gasteiger partial charge in [-0.1, -0.05) is 12.1 Å². The highest BCUT2D eigenvalue weighted by molar-refractivity contribution is 7.98. The summed E-state index contributed by atoms with van der Waals surface area (Å²) in [5.74, 6) is 0.572. The molecule has 94 valence electrons. The summed E-state index contributed by atoms with van der Waals surface area (Å²) in [6.45, 7) is 2.40. The Balaban J connectivity index is 2.60. The monoisotopic (exact) mass is 255 g/mol. The summed E-state index contributed by atoms with van der Waals surface area (Å²) in [5.41, 5.74) is 0.438. The zero-order valence-corrected chi connectivity index (χ0v) is 11.3. The number of Topliss-reactive ketones (excluding diaryl/α,β-unsaturated/α-hetero) is 1. The molecule has 1 atom stereocenters. The van der Waals surface area contributed by atoms with Gasteiger partial charge in [-0.3, -0.25) is 9.69 Å². The van der Waals surface area contributed by atoms with Crippen molar-refractivity contribution in [2.45, 2.75) is 13.0 Å². The van der Waals surface area contributed by atoms with Gasteiger partial charge in [0.2, 0.25) is 0 Å². The molecule has 0 radical (unpaired) electrons. The maximum atomic E-state index is 13.0. The summed E-state index contributed by atoms with van der Waals surface area (Å²) in [6.07, 6.45) is 2.04. The second-order valence-electron chi connectivity index (χ2n) is 4.15. The lowest BCUT2D eigenvalue weighted by atomic mass is 10.1. The van der Waals surface area contributed by atoms with Crippen molar-refractivity contribution >= 4 is 17.5 Å². The molecule has 0 saturated carbocycles. The summed E-state index contributed by atoms with van der Waals surface area (Å²) < 4.78 is 13.0. The number of rotatable bonds is 6. The van der Waals surface area contributed by atoms with Gasteiger partial charge in [-0.05, 0) is 32.4 Å². The molecule has 0 saturated heterocycles. The van der Waals surface area contributed by atoms with E-state index in [4.69, 9.17) is 0 Å². The van der Waals surface area contributed by atoms with Crippen LogP contribution in [-0.2, 0) is 0 Å². The number of carbonyl (C=O) groups is 1. The van der Waals surface area contributed by atoms with Gasteiger partial charge in [0.25, 0.3) is 0 Å². The van der Waals surface area contributed by atoms with Crippen LogP contribution >= 0.6 is 11.8 Å². The lowest BCUT2D eigenvalue weighted by Gasteiger charge is -2.23. The van der Waals surface area contributed by atoms with E-state index in [1.807, 2.05) is 18.2 Å². The third kappa shape index (κ3) is 4.48. The molecule has 0 N–H and O–H groups in total. The highest BCUT2D eigenvalue weighted by Crippen LogP contribution is 2.08. The fourth-order valence-corrected chi connectivity index (χ4v) is 2.24. The number of likely N-dealkylation sites (N-methyl/N-ethyl adjacent to an activating group) is 1. The Bertz CT molecular complexity index is 383. The Kier molecular flexibility index (Phi) is 5.65. The molecule has 1 unspecified atom stereocenters. The van der Waals surface area contributed by atoms with E-state index in [0.717, 1.165) is 5.75 Å². The molecule has 0 heterocycles. The summed E-state index contributed by atoms with van der Waals surface area (Å²) >= 11 is 1.75. The van der Waals surface area contributed by atoms with E-state index in [2.05, 4.69) is 6.92 Å². The first-order valence-electron chi connectivity index (χ1n) is 5.52. The molecule has 0 aromatic heterocycles. The number of thioether (sulfide) groups is 1. The number of hydrogen-bond acceptors (Lipinski definition) is 3. The fraction of sp³-hybridized carbons (Fsp3) is 0.462. The number of carbonyl (C=O) groups excluding carboxylic acids is 1. The number of ketones is 1. The standard InChI is InChI=1S/C13H18FNOS/c1-10(9-17-3)15(2)8-13(16)11-5-4-6-12(14)7-11/h4-7,10H,8-9H2,1-3H3. The van der Waals surface area contributed by atoms with E-state index >= 15 is 0 Å². The second kappa shape index (κ2) is 6.77. The maximum absolute atomic E-state index is 13.0. The summed E-state index contributed by atoms with van der Waals surface area (Å²) in [4.78, 5) is 13.9. The normalized spacial score (nSPS) is 12.8. The minimum atomic E-state index is -0.365. The SMILES string of the molecule is CSCC(C)N(C)CC(=O)c1cccc(F)c1. The lowest BCUT2D eigenvalue weighted by Crippen LogP contribution is -2.35. The largest absolute Gasteiger partial charge is 0.295 e. The predicted molar refractivity (Wildman–Crippen MR) is 71.2 cm³/mol. The van der Waals surface area contributed by atoms with Crippen LogP contribution in [-0.4, -0.2) is 42.3 Å². The molecule has 0 bridgehead atoms.